The fraction of sp³-hybridized carbons (Fsp3) is 0.571. The minimum atomic E-state index is -3.82. The predicted molar refractivity (Wildman–Crippen MR) is 79.7 cm³/mol. The fourth-order valence-electron chi connectivity index (χ4n) is 2.33. The zero-order valence-corrected chi connectivity index (χ0v) is 13.0. The molecule has 0 atom stereocenters. The van der Waals surface area contributed by atoms with Gasteiger partial charge < -0.3 is 5.73 Å². The molecule has 21 heavy (non-hydrogen) atoms. The maximum atomic E-state index is 13.8. The fourth-order valence-corrected chi connectivity index (χ4v) is 3.41. The third-order valence-electron chi connectivity index (χ3n) is 3.68. The van der Waals surface area contributed by atoms with Crippen LogP contribution in [-0.4, -0.2) is 39.0 Å². The molecule has 0 unspecified atom stereocenters. The van der Waals surface area contributed by atoms with Gasteiger partial charge in [0.25, 0.3) is 0 Å². The van der Waals surface area contributed by atoms with Gasteiger partial charge in [0.05, 0.1) is 0 Å². The van der Waals surface area contributed by atoms with Crippen molar-refractivity contribution in [2.24, 2.45) is 5.73 Å². The molecule has 0 saturated heterocycles. The lowest BCUT2D eigenvalue weighted by atomic mass is 10.2. The lowest BCUT2D eigenvalue weighted by molar-refractivity contribution is 0.282. The molecule has 1 aromatic rings. The Morgan fingerprint density at radius 2 is 2.14 bits per heavy atom. The first-order chi connectivity index (χ1) is 9.97. The topological polar surface area (TPSA) is 75.4 Å². The molecule has 0 heterocycles. The van der Waals surface area contributed by atoms with Crippen molar-refractivity contribution in [3.8, 4) is 0 Å². The molecule has 0 aromatic heterocycles. The van der Waals surface area contributed by atoms with E-state index in [1.807, 2.05) is 0 Å². The summed E-state index contributed by atoms with van der Waals surface area (Å²) >= 11 is 0. The quantitative estimate of drug-likeness (QED) is 0.752. The summed E-state index contributed by atoms with van der Waals surface area (Å²) in [5.74, 6) is -0.764. The summed E-state index contributed by atoms with van der Waals surface area (Å²) in [6.07, 6.45) is 2.35. The molecule has 1 aliphatic carbocycles. The van der Waals surface area contributed by atoms with Gasteiger partial charge in [0.2, 0.25) is 10.0 Å². The van der Waals surface area contributed by atoms with E-state index in [2.05, 4.69) is 16.5 Å². The van der Waals surface area contributed by atoms with E-state index < -0.39 is 15.8 Å². The van der Waals surface area contributed by atoms with E-state index in [0.717, 1.165) is 12.6 Å². The monoisotopic (exact) mass is 315 g/mol. The van der Waals surface area contributed by atoms with Gasteiger partial charge in [0.15, 0.2) is 0 Å². The summed E-state index contributed by atoms with van der Waals surface area (Å²) in [6, 6.07) is 4.54. The number of hydrogen-bond donors (Lipinski definition) is 2. The summed E-state index contributed by atoms with van der Waals surface area (Å²) in [6.45, 7) is 4.05. The van der Waals surface area contributed by atoms with Gasteiger partial charge in [-0.15, -0.1) is 0 Å². The van der Waals surface area contributed by atoms with Crippen molar-refractivity contribution in [2.45, 2.75) is 37.2 Å². The third kappa shape index (κ3) is 4.23. The normalized spacial score (nSPS) is 15.6. The SMILES string of the molecule is CCN(CCNS(=O)(=O)c1ccc(CN)cc1F)C1CC1. The van der Waals surface area contributed by atoms with Crippen LogP contribution < -0.4 is 10.5 Å². The van der Waals surface area contributed by atoms with E-state index in [0.29, 0.717) is 18.2 Å². The van der Waals surface area contributed by atoms with E-state index in [-0.39, 0.29) is 18.0 Å². The molecule has 0 bridgehead atoms. The Morgan fingerprint density at radius 1 is 1.43 bits per heavy atom. The smallest absolute Gasteiger partial charge is 0.243 e. The van der Waals surface area contributed by atoms with Crippen LogP contribution >= 0.6 is 0 Å². The van der Waals surface area contributed by atoms with E-state index >= 15 is 0 Å². The molecule has 1 aromatic carbocycles. The Kier molecular flexibility index (Phi) is 5.32. The molecule has 1 saturated carbocycles. The summed E-state index contributed by atoms with van der Waals surface area (Å²) in [5.41, 5.74) is 5.97. The maximum Gasteiger partial charge on any atom is 0.243 e. The van der Waals surface area contributed by atoms with Gasteiger partial charge in [-0.3, -0.25) is 4.90 Å². The molecular formula is C14H22FN3O2S. The van der Waals surface area contributed by atoms with Crippen LogP contribution in [0.1, 0.15) is 25.3 Å². The number of halogens is 1. The first-order valence-corrected chi connectivity index (χ1v) is 8.68. The Morgan fingerprint density at radius 3 is 2.67 bits per heavy atom. The zero-order valence-electron chi connectivity index (χ0n) is 12.2. The van der Waals surface area contributed by atoms with Crippen molar-refractivity contribution in [1.29, 1.82) is 0 Å². The van der Waals surface area contributed by atoms with Gasteiger partial charge in [-0.1, -0.05) is 13.0 Å². The lowest BCUT2D eigenvalue weighted by Gasteiger charge is -2.19. The molecular weight excluding hydrogens is 293 g/mol. The largest absolute Gasteiger partial charge is 0.326 e. The van der Waals surface area contributed by atoms with Crippen molar-refractivity contribution in [3.05, 3.63) is 29.6 Å². The second kappa shape index (κ2) is 6.83. The summed E-state index contributed by atoms with van der Waals surface area (Å²) in [7, 11) is -3.82. The number of rotatable bonds is 8. The second-order valence-corrected chi connectivity index (χ2v) is 6.96. The Hall–Kier alpha value is -1.02. The number of nitrogens with zero attached hydrogens (tertiary/aromatic N) is 1. The second-order valence-electron chi connectivity index (χ2n) is 5.23. The van der Waals surface area contributed by atoms with Crippen LogP contribution in [0.3, 0.4) is 0 Å². The molecule has 1 fully saturated rings. The van der Waals surface area contributed by atoms with Crippen LogP contribution in [0.15, 0.2) is 23.1 Å². The van der Waals surface area contributed by atoms with Crippen molar-refractivity contribution >= 4 is 10.0 Å². The Bertz CT molecular complexity index is 588. The molecule has 7 heteroatoms. The summed E-state index contributed by atoms with van der Waals surface area (Å²) in [5, 5.41) is 0. The highest BCUT2D eigenvalue weighted by atomic mass is 32.2. The third-order valence-corrected chi connectivity index (χ3v) is 5.18. The minimum Gasteiger partial charge on any atom is -0.326 e. The molecule has 118 valence electrons. The Labute approximate surface area is 125 Å². The minimum absolute atomic E-state index is 0.178. The van der Waals surface area contributed by atoms with Crippen molar-refractivity contribution < 1.29 is 12.8 Å². The zero-order chi connectivity index (χ0) is 15.5. The van der Waals surface area contributed by atoms with Gasteiger partial charge in [-0.05, 0) is 37.1 Å². The lowest BCUT2D eigenvalue weighted by Crippen LogP contribution is -2.36. The van der Waals surface area contributed by atoms with Crippen molar-refractivity contribution in [1.82, 2.24) is 9.62 Å². The van der Waals surface area contributed by atoms with Crippen LogP contribution in [0.5, 0.6) is 0 Å². The average molecular weight is 315 g/mol. The van der Waals surface area contributed by atoms with E-state index in [4.69, 9.17) is 5.73 Å². The van der Waals surface area contributed by atoms with Crippen LogP contribution in [0, 0.1) is 5.82 Å². The number of nitrogens with one attached hydrogen (secondary N) is 1. The highest BCUT2D eigenvalue weighted by molar-refractivity contribution is 7.89. The highest BCUT2D eigenvalue weighted by Gasteiger charge is 2.27. The van der Waals surface area contributed by atoms with E-state index in [1.165, 1.54) is 25.0 Å². The van der Waals surface area contributed by atoms with Crippen molar-refractivity contribution in [2.75, 3.05) is 19.6 Å². The Balaban J connectivity index is 1.97. The number of sulfonamides is 1. The molecule has 0 amide bonds. The molecule has 5 nitrogen and oxygen atoms in total. The van der Waals surface area contributed by atoms with E-state index in [9.17, 15) is 12.8 Å². The molecule has 1 aliphatic rings. The maximum absolute atomic E-state index is 13.8. The average Bonchev–Trinajstić information content (AvgIpc) is 3.27. The number of hydrogen-bond acceptors (Lipinski definition) is 4. The summed E-state index contributed by atoms with van der Waals surface area (Å²) in [4.78, 5) is 1.91. The van der Waals surface area contributed by atoms with Gasteiger partial charge in [-0.2, -0.15) is 0 Å². The summed E-state index contributed by atoms with van der Waals surface area (Å²) < 4.78 is 40.5. The van der Waals surface area contributed by atoms with Crippen LogP contribution in [0.2, 0.25) is 0 Å². The van der Waals surface area contributed by atoms with Crippen LogP contribution in [0.25, 0.3) is 0 Å². The predicted octanol–water partition coefficient (Wildman–Crippen LogP) is 1.05. The van der Waals surface area contributed by atoms with Crippen LogP contribution in [-0.2, 0) is 16.6 Å². The van der Waals surface area contributed by atoms with Gasteiger partial charge >= 0.3 is 0 Å². The molecule has 0 aliphatic heterocycles. The number of likely N-dealkylation sites (N-methyl/N-ethyl adjacent to an activating group) is 1. The number of benzene rings is 1. The molecule has 2 rings (SSSR count). The first kappa shape index (κ1) is 16.4. The number of nitrogens with two attached hydrogens (primary N) is 1. The van der Waals surface area contributed by atoms with E-state index in [1.54, 1.807) is 0 Å². The van der Waals surface area contributed by atoms with Gasteiger partial charge in [0.1, 0.15) is 10.7 Å². The van der Waals surface area contributed by atoms with Crippen LogP contribution in [0.4, 0.5) is 4.39 Å². The molecule has 3 N–H and O–H groups in total. The van der Waals surface area contributed by atoms with Gasteiger partial charge in [0, 0.05) is 25.7 Å². The van der Waals surface area contributed by atoms with Crippen molar-refractivity contribution in [3.63, 3.8) is 0 Å². The standard InChI is InChI=1S/C14H22FN3O2S/c1-2-18(12-4-5-12)8-7-17-21(19,20)14-6-3-11(10-16)9-13(14)15/h3,6,9,12,17H,2,4-5,7-8,10,16H2,1H3. The molecule has 0 spiro atoms. The molecule has 0 radical (unpaired) electrons. The van der Waals surface area contributed by atoms with Gasteiger partial charge in [-0.25, -0.2) is 17.5 Å². The highest BCUT2D eigenvalue weighted by Crippen LogP contribution is 2.26. The first-order valence-electron chi connectivity index (χ1n) is 7.20.